The average molecular weight is 275 g/mol. The van der Waals surface area contributed by atoms with Gasteiger partial charge in [-0.05, 0) is 38.3 Å². The number of nitrogens with one attached hydrogen (secondary N) is 1. The van der Waals surface area contributed by atoms with Gasteiger partial charge in [0, 0.05) is 37.9 Å². The van der Waals surface area contributed by atoms with Crippen LogP contribution in [-0.2, 0) is 4.79 Å². The summed E-state index contributed by atoms with van der Waals surface area (Å²) < 4.78 is 0. The van der Waals surface area contributed by atoms with Crippen molar-refractivity contribution >= 4 is 11.8 Å². The first kappa shape index (κ1) is 14.5. The molecule has 5 heteroatoms. The summed E-state index contributed by atoms with van der Waals surface area (Å²) >= 11 is 0. The van der Waals surface area contributed by atoms with E-state index < -0.39 is 0 Å². The quantitative estimate of drug-likeness (QED) is 0.908. The molecule has 1 fully saturated rings. The Labute approximate surface area is 119 Å². The SMILES string of the molecule is C[C@H]1CCCCN1C(=O)CCNC(=O)c1cccnc1. The molecule has 0 bridgehead atoms. The van der Waals surface area contributed by atoms with Crippen molar-refractivity contribution < 1.29 is 9.59 Å². The Morgan fingerprint density at radius 2 is 2.30 bits per heavy atom. The maximum Gasteiger partial charge on any atom is 0.252 e. The van der Waals surface area contributed by atoms with E-state index >= 15 is 0 Å². The highest BCUT2D eigenvalue weighted by molar-refractivity contribution is 5.94. The Morgan fingerprint density at radius 3 is 3.00 bits per heavy atom. The second-order valence-corrected chi connectivity index (χ2v) is 5.18. The zero-order valence-electron chi connectivity index (χ0n) is 11.8. The molecule has 1 saturated heterocycles. The first-order chi connectivity index (χ1) is 9.68. The van der Waals surface area contributed by atoms with Gasteiger partial charge in [-0.15, -0.1) is 0 Å². The summed E-state index contributed by atoms with van der Waals surface area (Å²) in [6.07, 6.45) is 6.85. The Hall–Kier alpha value is -1.91. The van der Waals surface area contributed by atoms with Crippen LogP contribution in [0.5, 0.6) is 0 Å². The molecule has 2 amide bonds. The summed E-state index contributed by atoms with van der Waals surface area (Å²) in [6.45, 7) is 3.30. The number of hydrogen-bond donors (Lipinski definition) is 1. The highest BCUT2D eigenvalue weighted by Gasteiger charge is 2.22. The molecule has 1 aliphatic rings. The second-order valence-electron chi connectivity index (χ2n) is 5.18. The highest BCUT2D eigenvalue weighted by Crippen LogP contribution is 2.16. The number of likely N-dealkylation sites (tertiary alicyclic amines) is 1. The first-order valence-electron chi connectivity index (χ1n) is 7.16. The van der Waals surface area contributed by atoms with E-state index in [1.54, 1.807) is 18.3 Å². The first-order valence-corrected chi connectivity index (χ1v) is 7.16. The van der Waals surface area contributed by atoms with Gasteiger partial charge in [0.15, 0.2) is 0 Å². The third kappa shape index (κ3) is 3.79. The third-order valence-electron chi connectivity index (χ3n) is 3.67. The van der Waals surface area contributed by atoms with E-state index in [1.165, 1.54) is 12.6 Å². The number of nitrogens with zero attached hydrogens (tertiary/aromatic N) is 2. The van der Waals surface area contributed by atoms with Crippen molar-refractivity contribution in [2.75, 3.05) is 13.1 Å². The largest absolute Gasteiger partial charge is 0.351 e. The van der Waals surface area contributed by atoms with Crippen molar-refractivity contribution in [1.82, 2.24) is 15.2 Å². The molecule has 1 atom stereocenters. The Morgan fingerprint density at radius 1 is 1.45 bits per heavy atom. The number of pyridine rings is 1. The van der Waals surface area contributed by atoms with Crippen LogP contribution >= 0.6 is 0 Å². The second kappa shape index (κ2) is 7.03. The molecule has 2 heterocycles. The summed E-state index contributed by atoms with van der Waals surface area (Å²) in [5.41, 5.74) is 0.520. The van der Waals surface area contributed by atoms with E-state index in [0.29, 0.717) is 24.6 Å². The average Bonchev–Trinajstić information content (AvgIpc) is 2.48. The number of rotatable bonds is 4. The molecule has 20 heavy (non-hydrogen) atoms. The van der Waals surface area contributed by atoms with E-state index in [-0.39, 0.29) is 11.8 Å². The number of aromatic nitrogens is 1. The van der Waals surface area contributed by atoms with Crippen molar-refractivity contribution in [3.8, 4) is 0 Å². The number of piperidine rings is 1. The standard InChI is InChI=1S/C15H21N3O2/c1-12-5-2-3-10-18(12)14(19)7-9-17-15(20)13-6-4-8-16-11-13/h4,6,8,11-12H,2-3,5,7,9-10H2,1H3,(H,17,20)/t12-/m0/s1. The third-order valence-corrected chi connectivity index (χ3v) is 3.67. The van der Waals surface area contributed by atoms with Gasteiger partial charge in [-0.1, -0.05) is 0 Å². The van der Waals surface area contributed by atoms with Gasteiger partial charge < -0.3 is 10.2 Å². The maximum absolute atomic E-state index is 12.1. The maximum atomic E-state index is 12.1. The van der Waals surface area contributed by atoms with Crippen molar-refractivity contribution in [2.45, 2.75) is 38.6 Å². The van der Waals surface area contributed by atoms with Crippen LogP contribution in [0, 0.1) is 0 Å². The molecule has 1 aliphatic heterocycles. The predicted octanol–water partition coefficient (Wildman–Crippen LogP) is 1.60. The summed E-state index contributed by atoms with van der Waals surface area (Å²) in [5, 5.41) is 2.76. The van der Waals surface area contributed by atoms with Crippen LogP contribution in [-0.4, -0.2) is 40.8 Å². The van der Waals surface area contributed by atoms with Crippen molar-refractivity contribution in [2.24, 2.45) is 0 Å². The van der Waals surface area contributed by atoms with E-state index in [0.717, 1.165) is 19.4 Å². The summed E-state index contributed by atoms with van der Waals surface area (Å²) in [5.74, 6) is -0.0544. The lowest BCUT2D eigenvalue weighted by Crippen LogP contribution is -2.43. The van der Waals surface area contributed by atoms with Gasteiger partial charge in [0.05, 0.1) is 5.56 Å². The molecule has 108 valence electrons. The highest BCUT2D eigenvalue weighted by atomic mass is 16.2. The Bertz CT molecular complexity index is 461. The van der Waals surface area contributed by atoms with E-state index in [4.69, 9.17) is 0 Å². The minimum Gasteiger partial charge on any atom is -0.351 e. The topological polar surface area (TPSA) is 62.3 Å². The fourth-order valence-electron chi connectivity index (χ4n) is 2.49. The predicted molar refractivity (Wildman–Crippen MR) is 76.2 cm³/mol. The number of amides is 2. The normalized spacial score (nSPS) is 18.6. The molecule has 0 spiro atoms. The smallest absolute Gasteiger partial charge is 0.252 e. The molecule has 2 rings (SSSR count). The zero-order chi connectivity index (χ0) is 14.4. The number of hydrogen-bond acceptors (Lipinski definition) is 3. The molecule has 0 unspecified atom stereocenters. The van der Waals surface area contributed by atoms with E-state index in [2.05, 4.69) is 17.2 Å². The van der Waals surface area contributed by atoms with Gasteiger partial charge in [-0.25, -0.2) is 0 Å². The van der Waals surface area contributed by atoms with Crippen molar-refractivity contribution in [3.63, 3.8) is 0 Å². The minimum atomic E-state index is -0.183. The lowest BCUT2D eigenvalue weighted by molar-refractivity contribution is -0.134. The molecule has 5 nitrogen and oxygen atoms in total. The molecule has 0 aromatic carbocycles. The van der Waals surface area contributed by atoms with Gasteiger partial charge in [0.1, 0.15) is 0 Å². The van der Waals surface area contributed by atoms with Crippen LogP contribution in [0.15, 0.2) is 24.5 Å². The van der Waals surface area contributed by atoms with Gasteiger partial charge in [0.2, 0.25) is 5.91 Å². The molecule has 1 N–H and O–H groups in total. The summed E-state index contributed by atoms with van der Waals surface area (Å²) in [4.78, 5) is 29.7. The fraction of sp³-hybridized carbons (Fsp3) is 0.533. The molecular weight excluding hydrogens is 254 g/mol. The van der Waals surface area contributed by atoms with E-state index in [1.807, 2.05) is 4.90 Å². The van der Waals surface area contributed by atoms with Crippen LogP contribution in [0.25, 0.3) is 0 Å². The van der Waals surface area contributed by atoms with E-state index in [9.17, 15) is 9.59 Å². The van der Waals surface area contributed by atoms with Crippen molar-refractivity contribution in [3.05, 3.63) is 30.1 Å². The van der Waals surface area contributed by atoms with Crippen LogP contribution in [0.3, 0.4) is 0 Å². The van der Waals surface area contributed by atoms with Gasteiger partial charge >= 0.3 is 0 Å². The van der Waals surface area contributed by atoms with Crippen LogP contribution in [0.1, 0.15) is 43.0 Å². The summed E-state index contributed by atoms with van der Waals surface area (Å²) in [6, 6.07) is 3.75. The van der Waals surface area contributed by atoms with Crippen LogP contribution < -0.4 is 5.32 Å². The minimum absolute atomic E-state index is 0.128. The molecular formula is C15H21N3O2. The monoisotopic (exact) mass is 275 g/mol. The molecule has 0 saturated carbocycles. The lowest BCUT2D eigenvalue weighted by Gasteiger charge is -2.33. The lowest BCUT2D eigenvalue weighted by atomic mass is 10.0. The van der Waals surface area contributed by atoms with Gasteiger partial charge in [-0.3, -0.25) is 14.6 Å². The van der Waals surface area contributed by atoms with Gasteiger partial charge in [-0.2, -0.15) is 0 Å². The molecule has 1 aromatic heterocycles. The number of carbonyl (C=O) groups is 2. The van der Waals surface area contributed by atoms with Gasteiger partial charge in [0.25, 0.3) is 5.91 Å². The zero-order valence-corrected chi connectivity index (χ0v) is 11.8. The fourth-order valence-corrected chi connectivity index (χ4v) is 2.49. The molecule has 1 aromatic rings. The summed E-state index contributed by atoms with van der Waals surface area (Å²) in [7, 11) is 0. The Balaban J connectivity index is 1.75. The van der Waals surface area contributed by atoms with Crippen LogP contribution in [0.4, 0.5) is 0 Å². The molecule has 0 radical (unpaired) electrons. The Kier molecular flexibility index (Phi) is 5.09. The molecule has 0 aliphatic carbocycles. The van der Waals surface area contributed by atoms with Crippen LogP contribution in [0.2, 0.25) is 0 Å². The number of carbonyl (C=O) groups excluding carboxylic acids is 2. The van der Waals surface area contributed by atoms with Crippen molar-refractivity contribution in [1.29, 1.82) is 0 Å².